The average molecular weight is 480 g/mol. The van der Waals surface area contributed by atoms with Gasteiger partial charge in [0.2, 0.25) is 5.91 Å². The van der Waals surface area contributed by atoms with Crippen molar-refractivity contribution in [3.63, 3.8) is 0 Å². The van der Waals surface area contributed by atoms with E-state index in [0.717, 1.165) is 0 Å². The molecule has 170 valence electrons. The van der Waals surface area contributed by atoms with Gasteiger partial charge in [0.15, 0.2) is 0 Å². The molecule has 1 fully saturated rings. The zero-order chi connectivity index (χ0) is 23.4. The molecule has 5 N–H and O–H groups in total. The highest BCUT2D eigenvalue weighted by atomic mass is 32.1. The number of ether oxygens (including phenoxy) is 1. The van der Waals surface area contributed by atoms with Gasteiger partial charge in [-0.05, 0) is 6.92 Å². The second-order valence-corrected chi connectivity index (χ2v) is 7.92. The predicted octanol–water partition coefficient (Wildman–Crippen LogP) is -0.758. The number of nitrogens with one attached hydrogen (secondary N) is 3. The largest absolute Gasteiger partial charge is 0.394 e. The quantitative estimate of drug-likeness (QED) is 0.277. The SMILES string of the molecule is Cc1cn(CC(=O)NCC#Cc2cn([C@H]3C[C@H](O)[C@@H](CO)O3)c(=O)[nH]c2=S)c(=O)[nH]c1=S. The first-order chi connectivity index (χ1) is 15.2. The highest BCUT2D eigenvalue weighted by Crippen LogP contribution is 2.27. The molecule has 1 amide bonds. The van der Waals surface area contributed by atoms with Crippen LogP contribution in [0, 0.1) is 28.0 Å². The van der Waals surface area contributed by atoms with Crippen molar-refractivity contribution in [2.45, 2.75) is 38.3 Å². The number of hydrogen-bond donors (Lipinski definition) is 5. The van der Waals surface area contributed by atoms with E-state index in [2.05, 4.69) is 27.1 Å². The Morgan fingerprint density at radius 2 is 2.00 bits per heavy atom. The number of carbonyl (C=O) groups excluding carboxylic acids is 1. The molecule has 0 bridgehead atoms. The van der Waals surface area contributed by atoms with E-state index in [1.807, 2.05) is 0 Å². The van der Waals surface area contributed by atoms with Crippen molar-refractivity contribution in [2.24, 2.45) is 0 Å². The van der Waals surface area contributed by atoms with Crippen molar-refractivity contribution in [3.8, 4) is 11.8 Å². The molecule has 13 heteroatoms. The van der Waals surface area contributed by atoms with Crippen LogP contribution in [-0.2, 0) is 16.1 Å². The van der Waals surface area contributed by atoms with Crippen molar-refractivity contribution >= 4 is 30.3 Å². The van der Waals surface area contributed by atoms with Crippen LogP contribution in [0.25, 0.3) is 0 Å². The maximum absolute atomic E-state index is 12.2. The number of carbonyl (C=O) groups is 1. The summed E-state index contributed by atoms with van der Waals surface area (Å²) < 4.78 is 8.34. The van der Waals surface area contributed by atoms with Gasteiger partial charge in [0.25, 0.3) is 0 Å². The zero-order valence-electron chi connectivity index (χ0n) is 17.0. The van der Waals surface area contributed by atoms with Gasteiger partial charge in [-0.25, -0.2) is 9.59 Å². The molecular formula is C19H21N5O6S2. The van der Waals surface area contributed by atoms with Crippen molar-refractivity contribution in [1.82, 2.24) is 24.4 Å². The van der Waals surface area contributed by atoms with Gasteiger partial charge < -0.3 is 20.3 Å². The maximum atomic E-state index is 12.2. The Hall–Kier alpha value is -2.89. The molecule has 3 heterocycles. The molecule has 3 rings (SSSR count). The lowest BCUT2D eigenvalue weighted by molar-refractivity contribution is -0.121. The fourth-order valence-corrected chi connectivity index (χ4v) is 3.40. The molecule has 2 aromatic heterocycles. The second kappa shape index (κ2) is 10.2. The minimum atomic E-state index is -0.902. The summed E-state index contributed by atoms with van der Waals surface area (Å²) in [4.78, 5) is 41.1. The molecule has 1 aliphatic heterocycles. The molecule has 2 aromatic rings. The van der Waals surface area contributed by atoms with Crippen LogP contribution in [0.3, 0.4) is 0 Å². The van der Waals surface area contributed by atoms with Gasteiger partial charge in [-0.15, -0.1) is 0 Å². The number of aryl methyl sites for hydroxylation is 1. The second-order valence-electron chi connectivity index (χ2n) is 7.10. The Morgan fingerprint density at radius 3 is 2.69 bits per heavy atom. The van der Waals surface area contributed by atoms with Gasteiger partial charge in [0.05, 0.1) is 24.8 Å². The van der Waals surface area contributed by atoms with E-state index in [1.165, 1.54) is 21.5 Å². The third-order valence-corrected chi connectivity index (χ3v) is 5.51. The van der Waals surface area contributed by atoms with Crippen LogP contribution in [0.2, 0.25) is 0 Å². The molecule has 1 saturated heterocycles. The fraction of sp³-hybridized carbons (Fsp3) is 0.421. The number of H-pyrrole nitrogens is 2. The Labute approximate surface area is 191 Å². The van der Waals surface area contributed by atoms with Crippen LogP contribution in [0.4, 0.5) is 0 Å². The highest BCUT2D eigenvalue weighted by Gasteiger charge is 2.35. The van der Waals surface area contributed by atoms with Crippen molar-refractivity contribution in [1.29, 1.82) is 0 Å². The van der Waals surface area contributed by atoms with Crippen LogP contribution >= 0.6 is 24.4 Å². The number of aromatic nitrogens is 4. The minimum absolute atomic E-state index is 0.0193. The third-order valence-electron chi connectivity index (χ3n) is 4.76. The Kier molecular flexibility index (Phi) is 7.54. The van der Waals surface area contributed by atoms with Gasteiger partial charge >= 0.3 is 11.4 Å². The smallest absolute Gasteiger partial charge is 0.328 e. The van der Waals surface area contributed by atoms with E-state index in [9.17, 15) is 24.6 Å². The van der Waals surface area contributed by atoms with E-state index in [-0.39, 0.29) is 30.8 Å². The van der Waals surface area contributed by atoms with Crippen molar-refractivity contribution in [3.05, 3.63) is 53.8 Å². The number of aromatic amines is 2. The first-order valence-electron chi connectivity index (χ1n) is 9.55. The van der Waals surface area contributed by atoms with Crippen LogP contribution < -0.4 is 16.7 Å². The number of aliphatic hydroxyl groups excluding tert-OH is 2. The predicted molar refractivity (Wildman–Crippen MR) is 118 cm³/mol. The molecule has 11 nitrogen and oxygen atoms in total. The zero-order valence-corrected chi connectivity index (χ0v) is 18.6. The number of hydrogen-bond acceptors (Lipinski definition) is 8. The first kappa shape index (κ1) is 23.8. The standard InChI is InChI=1S/C19H21N5O6S2/c1-10-6-23(18(28)21-16(10)31)8-14(27)20-4-2-3-11-7-24(19(29)22-17(11)32)15-5-12(26)13(9-25)30-15/h6-7,12-13,15,25-26H,4-5,8-9H2,1H3,(H,20,27)(H,21,28,31)(H,22,29,32)/t12-,13+,15+/m0/s1. The molecule has 3 atom stereocenters. The number of aliphatic hydroxyl groups is 2. The highest BCUT2D eigenvalue weighted by molar-refractivity contribution is 7.71. The minimum Gasteiger partial charge on any atom is -0.394 e. The molecule has 0 spiro atoms. The van der Waals surface area contributed by atoms with E-state index in [1.54, 1.807) is 6.92 Å². The molecule has 0 saturated carbocycles. The topological polar surface area (TPSA) is 154 Å². The Morgan fingerprint density at radius 1 is 1.28 bits per heavy atom. The van der Waals surface area contributed by atoms with E-state index in [0.29, 0.717) is 15.8 Å². The monoisotopic (exact) mass is 479 g/mol. The summed E-state index contributed by atoms with van der Waals surface area (Å²) in [6.45, 7) is 1.13. The normalized spacial score (nSPS) is 19.9. The molecule has 0 aliphatic carbocycles. The van der Waals surface area contributed by atoms with Crippen LogP contribution in [0.15, 0.2) is 22.0 Å². The molecular weight excluding hydrogens is 458 g/mol. The van der Waals surface area contributed by atoms with Crippen LogP contribution in [0.1, 0.15) is 23.8 Å². The summed E-state index contributed by atoms with van der Waals surface area (Å²) in [5, 5.41) is 21.7. The lowest BCUT2D eigenvalue weighted by Crippen LogP contribution is -2.33. The number of amides is 1. The van der Waals surface area contributed by atoms with Crippen molar-refractivity contribution < 1.29 is 19.7 Å². The summed E-state index contributed by atoms with van der Waals surface area (Å²) in [6, 6.07) is 0. The van der Waals surface area contributed by atoms with Gasteiger partial charge in [-0.3, -0.25) is 23.9 Å². The van der Waals surface area contributed by atoms with E-state index >= 15 is 0 Å². The van der Waals surface area contributed by atoms with Crippen LogP contribution in [0.5, 0.6) is 0 Å². The first-order valence-corrected chi connectivity index (χ1v) is 10.4. The van der Waals surface area contributed by atoms with E-state index < -0.39 is 35.7 Å². The van der Waals surface area contributed by atoms with E-state index in [4.69, 9.17) is 29.2 Å². The van der Waals surface area contributed by atoms with Gasteiger partial charge in [-0.2, -0.15) is 0 Å². The van der Waals surface area contributed by atoms with Gasteiger partial charge in [-0.1, -0.05) is 36.3 Å². The fourth-order valence-electron chi connectivity index (χ4n) is 3.07. The lowest BCUT2D eigenvalue weighted by atomic mass is 10.2. The van der Waals surface area contributed by atoms with Crippen LogP contribution in [-0.4, -0.2) is 60.6 Å². The summed E-state index contributed by atoms with van der Waals surface area (Å²) in [7, 11) is 0. The maximum Gasteiger partial charge on any atom is 0.328 e. The van der Waals surface area contributed by atoms with Gasteiger partial charge in [0.1, 0.15) is 28.2 Å². The molecule has 32 heavy (non-hydrogen) atoms. The summed E-state index contributed by atoms with van der Waals surface area (Å²) in [5.74, 6) is 5.08. The summed E-state index contributed by atoms with van der Waals surface area (Å²) in [5.41, 5.74) is -0.0344. The summed E-state index contributed by atoms with van der Waals surface area (Å²) >= 11 is 10.1. The average Bonchev–Trinajstić information content (AvgIpc) is 3.11. The third kappa shape index (κ3) is 5.47. The molecule has 1 aliphatic rings. The van der Waals surface area contributed by atoms with Crippen molar-refractivity contribution in [2.75, 3.05) is 13.2 Å². The number of nitrogens with zero attached hydrogens (tertiary/aromatic N) is 2. The Balaban J connectivity index is 1.67. The van der Waals surface area contributed by atoms with Gasteiger partial charge in [0, 0.05) is 24.4 Å². The summed E-state index contributed by atoms with van der Waals surface area (Å²) in [6.07, 6.45) is 0.570. The Bertz CT molecular complexity index is 1310. The molecule has 0 unspecified atom stereocenters. The number of rotatable bonds is 5. The molecule has 0 aromatic carbocycles. The lowest BCUT2D eigenvalue weighted by Gasteiger charge is -2.14. The molecule has 0 radical (unpaired) electrons.